The molecule has 0 radical (unpaired) electrons. The van der Waals surface area contributed by atoms with E-state index in [2.05, 4.69) is 29.4 Å². The van der Waals surface area contributed by atoms with Crippen LogP contribution < -0.4 is 5.32 Å². The number of amides is 1. The van der Waals surface area contributed by atoms with Crippen molar-refractivity contribution >= 4 is 29.3 Å². The maximum Gasteiger partial charge on any atom is 0.244 e. The van der Waals surface area contributed by atoms with Crippen LogP contribution in [0.5, 0.6) is 0 Å². The third-order valence-electron chi connectivity index (χ3n) is 4.93. The number of benzene rings is 2. The summed E-state index contributed by atoms with van der Waals surface area (Å²) in [4.78, 5) is 17.0. The number of rotatable bonds is 6. The van der Waals surface area contributed by atoms with Crippen LogP contribution in [0.3, 0.4) is 0 Å². The van der Waals surface area contributed by atoms with Gasteiger partial charge in [0.05, 0.1) is 0 Å². The van der Waals surface area contributed by atoms with Crippen LogP contribution in [0.1, 0.15) is 25.3 Å². The molecule has 0 aromatic heterocycles. The predicted molar refractivity (Wildman–Crippen MR) is 118 cm³/mol. The Morgan fingerprint density at radius 3 is 2.57 bits per heavy atom. The molecule has 3 nitrogen and oxygen atoms in total. The lowest BCUT2D eigenvalue weighted by Crippen LogP contribution is -2.42. The van der Waals surface area contributed by atoms with E-state index in [1.165, 1.54) is 10.5 Å². The molecule has 2 aromatic rings. The van der Waals surface area contributed by atoms with E-state index in [0.29, 0.717) is 6.04 Å². The summed E-state index contributed by atoms with van der Waals surface area (Å²) in [5, 5.41) is 3.90. The van der Waals surface area contributed by atoms with Gasteiger partial charge in [0.1, 0.15) is 0 Å². The number of allylic oxidation sites excluding steroid dienone is 1. The Hall–Kier alpha value is -1.75. The average molecular weight is 415 g/mol. The summed E-state index contributed by atoms with van der Waals surface area (Å²) in [6, 6.07) is 16.5. The summed E-state index contributed by atoms with van der Waals surface area (Å²) < 4.78 is 0. The van der Waals surface area contributed by atoms with E-state index < -0.39 is 0 Å². The Morgan fingerprint density at radius 1 is 1.18 bits per heavy atom. The highest BCUT2D eigenvalue weighted by molar-refractivity contribution is 7.99. The van der Waals surface area contributed by atoms with Gasteiger partial charge in [-0.15, -0.1) is 0 Å². The van der Waals surface area contributed by atoms with Gasteiger partial charge in [-0.2, -0.15) is 0 Å². The highest BCUT2D eigenvalue weighted by atomic mass is 35.5. The second-order valence-electron chi connectivity index (χ2n) is 7.42. The lowest BCUT2D eigenvalue weighted by atomic mass is 10.0. The second kappa shape index (κ2) is 10.1. The van der Waals surface area contributed by atoms with E-state index in [1.807, 2.05) is 43.3 Å². The first kappa shape index (κ1) is 21.0. The smallest absolute Gasteiger partial charge is 0.244 e. The molecule has 5 heteroatoms. The number of hydrogen-bond acceptors (Lipinski definition) is 3. The maximum atomic E-state index is 12.4. The van der Waals surface area contributed by atoms with Gasteiger partial charge in [-0.05, 0) is 82.2 Å². The summed E-state index contributed by atoms with van der Waals surface area (Å²) in [6.07, 6.45) is 4.56. The van der Waals surface area contributed by atoms with Gasteiger partial charge >= 0.3 is 0 Å². The lowest BCUT2D eigenvalue weighted by Gasteiger charge is -2.29. The monoisotopic (exact) mass is 414 g/mol. The molecule has 0 unspecified atom stereocenters. The van der Waals surface area contributed by atoms with Crippen molar-refractivity contribution in [1.29, 1.82) is 0 Å². The number of piperidine rings is 1. The molecule has 148 valence electrons. The molecule has 1 heterocycles. The molecule has 0 aliphatic carbocycles. The van der Waals surface area contributed by atoms with E-state index in [9.17, 15) is 4.79 Å². The highest BCUT2D eigenvalue weighted by Crippen LogP contribution is 2.32. The quantitative estimate of drug-likeness (QED) is 0.660. The molecule has 1 N–H and O–H groups in total. The fraction of sp³-hybridized carbons (Fsp3) is 0.348. The van der Waals surface area contributed by atoms with Crippen molar-refractivity contribution in [1.82, 2.24) is 10.2 Å². The van der Waals surface area contributed by atoms with Gasteiger partial charge < -0.3 is 10.2 Å². The normalized spacial score (nSPS) is 16.2. The van der Waals surface area contributed by atoms with Crippen LogP contribution >= 0.6 is 23.4 Å². The Morgan fingerprint density at radius 2 is 1.86 bits per heavy atom. The van der Waals surface area contributed by atoms with Gasteiger partial charge in [0, 0.05) is 26.9 Å². The number of carbonyl (C=O) groups excluding carboxylic acids is 1. The first-order valence-electron chi connectivity index (χ1n) is 9.67. The molecule has 3 rings (SSSR count). The minimum absolute atomic E-state index is 0.0230. The molecule has 28 heavy (non-hydrogen) atoms. The summed E-state index contributed by atoms with van der Waals surface area (Å²) in [5.74, 6) is 0.0230. The standard InChI is InChI=1S/C23H27ClN2OS/c1-17(16-23(27)25-20-11-13-26(2)14-12-20)15-18-5-3-4-6-22(18)28-21-9-7-19(24)8-10-21/h3-10,16,20H,11-15H2,1-2H3,(H,25,27). The lowest BCUT2D eigenvalue weighted by molar-refractivity contribution is -0.117. The SMILES string of the molecule is CC(=CC(=O)NC1CCN(C)CC1)Cc1ccccc1Sc1ccc(Cl)cc1. The number of nitrogens with zero attached hydrogens (tertiary/aromatic N) is 1. The molecular formula is C23H27ClN2OS. The molecule has 2 aromatic carbocycles. The van der Waals surface area contributed by atoms with Crippen molar-refractivity contribution in [3.05, 3.63) is 70.8 Å². The molecule has 0 spiro atoms. The number of nitrogens with one attached hydrogen (secondary N) is 1. The molecule has 0 atom stereocenters. The molecule has 1 aliphatic heterocycles. The van der Waals surface area contributed by atoms with E-state index in [-0.39, 0.29) is 5.91 Å². The summed E-state index contributed by atoms with van der Waals surface area (Å²) in [7, 11) is 2.13. The summed E-state index contributed by atoms with van der Waals surface area (Å²) in [5.41, 5.74) is 2.29. The van der Waals surface area contributed by atoms with E-state index in [1.54, 1.807) is 17.8 Å². The number of halogens is 1. The van der Waals surface area contributed by atoms with Crippen molar-refractivity contribution in [3.63, 3.8) is 0 Å². The van der Waals surface area contributed by atoms with Gasteiger partial charge in [-0.3, -0.25) is 4.79 Å². The maximum absolute atomic E-state index is 12.4. The van der Waals surface area contributed by atoms with Crippen molar-refractivity contribution in [3.8, 4) is 0 Å². The van der Waals surface area contributed by atoms with E-state index in [4.69, 9.17) is 11.6 Å². The van der Waals surface area contributed by atoms with Crippen LogP contribution in [0, 0.1) is 0 Å². The predicted octanol–water partition coefficient (Wildman–Crippen LogP) is 5.19. The van der Waals surface area contributed by atoms with Gasteiger partial charge in [0.25, 0.3) is 0 Å². The molecule has 1 saturated heterocycles. The third-order valence-corrected chi connectivity index (χ3v) is 6.30. The van der Waals surface area contributed by atoms with Crippen molar-refractivity contribution in [2.45, 2.75) is 42.0 Å². The van der Waals surface area contributed by atoms with Crippen molar-refractivity contribution in [2.24, 2.45) is 0 Å². The highest BCUT2D eigenvalue weighted by Gasteiger charge is 2.17. The van der Waals surface area contributed by atoms with Gasteiger partial charge in [0.15, 0.2) is 0 Å². The van der Waals surface area contributed by atoms with Gasteiger partial charge in [0.2, 0.25) is 5.91 Å². The minimum Gasteiger partial charge on any atom is -0.350 e. The second-order valence-corrected chi connectivity index (χ2v) is 8.97. The van der Waals surface area contributed by atoms with E-state index >= 15 is 0 Å². The Kier molecular flexibility index (Phi) is 7.60. The first-order chi connectivity index (χ1) is 13.5. The minimum atomic E-state index is 0.0230. The fourth-order valence-corrected chi connectivity index (χ4v) is 4.42. The van der Waals surface area contributed by atoms with Crippen molar-refractivity contribution < 1.29 is 4.79 Å². The molecule has 0 saturated carbocycles. The van der Waals surface area contributed by atoms with Crippen molar-refractivity contribution in [2.75, 3.05) is 20.1 Å². The molecule has 1 amide bonds. The van der Waals surface area contributed by atoms with Gasteiger partial charge in [-0.25, -0.2) is 0 Å². The average Bonchev–Trinajstić information content (AvgIpc) is 2.67. The molecule has 1 aliphatic rings. The number of carbonyl (C=O) groups is 1. The first-order valence-corrected chi connectivity index (χ1v) is 10.9. The zero-order valence-corrected chi connectivity index (χ0v) is 18.0. The Labute approximate surface area is 177 Å². The Bertz CT molecular complexity index is 827. The third kappa shape index (κ3) is 6.40. The van der Waals surface area contributed by atoms with E-state index in [0.717, 1.165) is 47.8 Å². The molecule has 0 bridgehead atoms. The summed E-state index contributed by atoms with van der Waals surface area (Å²) in [6.45, 7) is 4.11. The zero-order valence-electron chi connectivity index (χ0n) is 16.5. The largest absolute Gasteiger partial charge is 0.350 e. The van der Waals surface area contributed by atoms with Crippen LogP contribution in [-0.2, 0) is 11.2 Å². The number of hydrogen-bond donors (Lipinski definition) is 1. The zero-order chi connectivity index (χ0) is 19.9. The van der Waals surface area contributed by atoms with Crippen LogP contribution in [-0.4, -0.2) is 37.0 Å². The number of likely N-dealkylation sites (tertiary alicyclic amines) is 1. The van der Waals surface area contributed by atoms with Crippen LogP contribution in [0.2, 0.25) is 5.02 Å². The van der Waals surface area contributed by atoms with Crippen LogP contribution in [0.4, 0.5) is 0 Å². The molecular weight excluding hydrogens is 388 g/mol. The van der Waals surface area contributed by atoms with Crippen LogP contribution in [0.25, 0.3) is 0 Å². The van der Waals surface area contributed by atoms with Crippen LogP contribution in [0.15, 0.2) is 70.0 Å². The topological polar surface area (TPSA) is 32.3 Å². The molecule has 1 fully saturated rings. The fourth-order valence-electron chi connectivity index (χ4n) is 3.35. The Balaban J connectivity index is 1.61. The van der Waals surface area contributed by atoms with Gasteiger partial charge in [-0.1, -0.05) is 47.1 Å². The summed E-state index contributed by atoms with van der Waals surface area (Å²) >= 11 is 7.70.